The molecule has 110 valence electrons. The van der Waals surface area contributed by atoms with Gasteiger partial charge in [-0.1, -0.05) is 31.5 Å². The fourth-order valence-corrected chi connectivity index (χ4v) is 2.26. The van der Waals surface area contributed by atoms with Crippen molar-refractivity contribution in [2.24, 2.45) is 0 Å². The fraction of sp³-hybridized carbons (Fsp3) is 0.389. The van der Waals surface area contributed by atoms with Crippen LogP contribution in [0.5, 0.6) is 11.6 Å². The van der Waals surface area contributed by atoms with E-state index in [-0.39, 0.29) is 0 Å². The zero-order valence-electron chi connectivity index (χ0n) is 12.5. The zero-order valence-corrected chi connectivity index (χ0v) is 12.5. The quantitative estimate of drug-likeness (QED) is 0.831. The smallest absolute Gasteiger partial charge is 0.219 e. The first-order valence-corrected chi connectivity index (χ1v) is 7.78. The van der Waals surface area contributed by atoms with Gasteiger partial charge in [0.15, 0.2) is 0 Å². The third-order valence-electron chi connectivity index (χ3n) is 3.65. The summed E-state index contributed by atoms with van der Waals surface area (Å²) in [5.41, 5.74) is 2.55. The molecule has 2 aromatic rings. The minimum absolute atomic E-state index is 0.647. The molecule has 0 unspecified atom stereocenters. The average Bonchev–Trinajstić information content (AvgIpc) is 3.33. The average molecular weight is 282 g/mol. The van der Waals surface area contributed by atoms with Gasteiger partial charge in [-0.2, -0.15) is 0 Å². The molecule has 1 heterocycles. The standard InChI is InChI=1S/C18H22N2O/c1-2-3-14-4-9-17(10-5-14)21-18-11-6-15(13-20-18)12-19-16-7-8-16/h4-6,9-11,13,16,19H,2-3,7-8,12H2,1H3. The molecule has 0 amide bonds. The summed E-state index contributed by atoms with van der Waals surface area (Å²) in [7, 11) is 0. The minimum Gasteiger partial charge on any atom is -0.439 e. The lowest BCUT2D eigenvalue weighted by Gasteiger charge is -2.07. The van der Waals surface area contributed by atoms with Crippen LogP contribution in [-0.2, 0) is 13.0 Å². The molecule has 1 aromatic carbocycles. The summed E-state index contributed by atoms with van der Waals surface area (Å²) in [6, 6.07) is 13.0. The minimum atomic E-state index is 0.647. The third kappa shape index (κ3) is 4.30. The molecular weight excluding hydrogens is 260 g/mol. The van der Waals surface area contributed by atoms with Gasteiger partial charge in [0.2, 0.25) is 5.88 Å². The van der Waals surface area contributed by atoms with Crippen LogP contribution in [-0.4, -0.2) is 11.0 Å². The molecule has 0 spiro atoms. The van der Waals surface area contributed by atoms with Crippen LogP contribution in [0.4, 0.5) is 0 Å². The molecule has 1 aromatic heterocycles. The summed E-state index contributed by atoms with van der Waals surface area (Å²) in [5.74, 6) is 1.49. The van der Waals surface area contributed by atoms with Crippen molar-refractivity contribution in [2.45, 2.75) is 45.2 Å². The van der Waals surface area contributed by atoms with E-state index < -0.39 is 0 Å². The summed E-state index contributed by atoms with van der Waals surface area (Å²) in [5, 5.41) is 3.48. The largest absolute Gasteiger partial charge is 0.439 e. The number of ether oxygens (including phenoxy) is 1. The van der Waals surface area contributed by atoms with E-state index in [0.717, 1.165) is 31.2 Å². The normalized spacial score (nSPS) is 14.1. The van der Waals surface area contributed by atoms with Gasteiger partial charge in [-0.05, 0) is 42.5 Å². The maximum Gasteiger partial charge on any atom is 0.219 e. The van der Waals surface area contributed by atoms with Crippen LogP contribution < -0.4 is 10.1 Å². The molecular formula is C18H22N2O. The van der Waals surface area contributed by atoms with Gasteiger partial charge in [0.1, 0.15) is 5.75 Å². The molecule has 0 atom stereocenters. The number of rotatable bonds is 7. The molecule has 0 aliphatic heterocycles. The topological polar surface area (TPSA) is 34.1 Å². The van der Waals surface area contributed by atoms with Crippen LogP contribution in [0, 0.1) is 0 Å². The van der Waals surface area contributed by atoms with Crippen LogP contribution in [0.3, 0.4) is 0 Å². The second kappa shape index (κ2) is 6.72. The van der Waals surface area contributed by atoms with Gasteiger partial charge < -0.3 is 10.1 Å². The van der Waals surface area contributed by atoms with E-state index in [1.165, 1.54) is 24.0 Å². The SMILES string of the molecule is CCCc1ccc(Oc2ccc(CNC3CC3)cn2)cc1. The molecule has 1 fully saturated rings. The molecule has 3 rings (SSSR count). The Morgan fingerprint density at radius 2 is 1.86 bits per heavy atom. The van der Waals surface area contributed by atoms with Crippen molar-refractivity contribution in [3.8, 4) is 11.6 Å². The molecule has 1 N–H and O–H groups in total. The molecule has 21 heavy (non-hydrogen) atoms. The lowest BCUT2D eigenvalue weighted by Crippen LogP contribution is -2.15. The molecule has 0 radical (unpaired) electrons. The number of aromatic nitrogens is 1. The van der Waals surface area contributed by atoms with Gasteiger partial charge in [-0.3, -0.25) is 0 Å². The first-order valence-electron chi connectivity index (χ1n) is 7.78. The number of hydrogen-bond donors (Lipinski definition) is 1. The molecule has 3 nitrogen and oxygen atoms in total. The Kier molecular flexibility index (Phi) is 4.51. The highest BCUT2D eigenvalue weighted by molar-refractivity contribution is 5.31. The van der Waals surface area contributed by atoms with E-state index in [9.17, 15) is 0 Å². The van der Waals surface area contributed by atoms with Crippen molar-refractivity contribution in [2.75, 3.05) is 0 Å². The van der Waals surface area contributed by atoms with E-state index in [2.05, 4.69) is 35.4 Å². The summed E-state index contributed by atoms with van der Waals surface area (Å²) in [6.07, 6.45) is 6.78. The van der Waals surface area contributed by atoms with Crippen molar-refractivity contribution >= 4 is 0 Å². The van der Waals surface area contributed by atoms with E-state index in [1.54, 1.807) is 0 Å². The number of nitrogens with zero attached hydrogens (tertiary/aromatic N) is 1. The van der Waals surface area contributed by atoms with Crippen molar-refractivity contribution in [1.82, 2.24) is 10.3 Å². The predicted octanol–water partition coefficient (Wildman–Crippen LogP) is 4.08. The molecule has 1 saturated carbocycles. The summed E-state index contributed by atoms with van der Waals surface area (Å²) >= 11 is 0. The number of aryl methyl sites for hydroxylation is 1. The summed E-state index contributed by atoms with van der Waals surface area (Å²) < 4.78 is 5.77. The van der Waals surface area contributed by atoms with Crippen LogP contribution in [0.15, 0.2) is 42.6 Å². The Balaban J connectivity index is 1.56. The van der Waals surface area contributed by atoms with Crippen LogP contribution >= 0.6 is 0 Å². The zero-order chi connectivity index (χ0) is 14.5. The van der Waals surface area contributed by atoms with Crippen LogP contribution in [0.1, 0.15) is 37.3 Å². The Hall–Kier alpha value is -1.87. The first-order chi connectivity index (χ1) is 10.3. The van der Waals surface area contributed by atoms with Crippen molar-refractivity contribution in [3.63, 3.8) is 0 Å². The molecule has 3 heteroatoms. The maximum absolute atomic E-state index is 5.77. The van der Waals surface area contributed by atoms with Gasteiger partial charge in [0.05, 0.1) is 0 Å². The van der Waals surface area contributed by atoms with Crippen LogP contribution in [0.2, 0.25) is 0 Å². The molecule has 0 saturated heterocycles. The van der Waals surface area contributed by atoms with Gasteiger partial charge in [0, 0.05) is 24.8 Å². The second-order valence-electron chi connectivity index (χ2n) is 5.66. The van der Waals surface area contributed by atoms with E-state index >= 15 is 0 Å². The summed E-state index contributed by atoms with van der Waals surface area (Å²) in [4.78, 5) is 4.37. The highest BCUT2D eigenvalue weighted by Crippen LogP contribution is 2.21. The van der Waals surface area contributed by atoms with Gasteiger partial charge in [-0.15, -0.1) is 0 Å². The highest BCUT2D eigenvalue weighted by atomic mass is 16.5. The monoisotopic (exact) mass is 282 g/mol. The number of benzene rings is 1. The highest BCUT2D eigenvalue weighted by Gasteiger charge is 2.19. The lowest BCUT2D eigenvalue weighted by atomic mass is 10.1. The first kappa shape index (κ1) is 14.1. The Morgan fingerprint density at radius 3 is 2.48 bits per heavy atom. The Morgan fingerprint density at radius 1 is 1.10 bits per heavy atom. The van der Waals surface area contributed by atoms with Gasteiger partial charge in [0.25, 0.3) is 0 Å². The number of pyridine rings is 1. The maximum atomic E-state index is 5.77. The van der Waals surface area contributed by atoms with Crippen molar-refractivity contribution in [1.29, 1.82) is 0 Å². The van der Waals surface area contributed by atoms with Gasteiger partial charge in [-0.25, -0.2) is 4.98 Å². The van der Waals surface area contributed by atoms with Gasteiger partial charge >= 0.3 is 0 Å². The Labute approximate surface area is 126 Å². The van der Waals surface area contributed by atoms with E-state index in [4.69, 9.17) is 4.74 Å². The van der Waals surface area contributed by atoms with Crippen molar-refractivity contribution < 1.29 is 4.74 Å². The van der Waals surface area contributed by atoms with E-state index in [0.29, 0.717) is 5.88 Å². The Bertz CT molecular complexity index is 559. The second-order valence-corrected chi connectivity index (χ2v) is 5.66. The molecule has 1 aliphatic rings. The fourth-order valence-electron chi connectivity index (χ4n) is 2.26. The molecule has 1 aliphatic carbocycles. The van der Waals surface area contributed by atoms with Crippen molar-refractivity contribution in [3.05, 3.63) is 53.7 Å². The third-order valence-corrected chi connectivity index (χ3v) is 3.65. The van der Waals surface area contributed by atoms with Crippen LogP contribution in [0.25, 0.3) is 0 Å². The molecule has 0 bridgehead atoms. The lowest BCUT2D eigenvalue weighted by molar-refractivity contribution is 0.462. The predicted molar refractivity (Wildman–Crippen MR) is 84.6 cm³/mol. The number of nitrogens with one attached hydrogen (secondary N) is 1. The van der Waals surface area contributed by atoms with E-state index in [1.807, 2.05) is 24.4 Å². The summed E-state index contributed by atoms with van der Waals surface area (Å²) in [6.45, 7) is 3.08. The number of hydrogen-bond acceptors (Lipinski definition) is 3.